The summed E-state index contributed by atoms with van der Waals surface area (Å²) in [4.78, 5) is 23.2. The number of amides is 1. The summed E-state index contributed by atoms with van der Waals surface area (Å²) >= 11 is 3.18. The number of rotatable bonds is 6. The first-order valence-corrected chi connectivity index (χ1v) is 6.56. The summed E-state index contributed by atoms with van der Waals surface area (Å²) in [6.07, 6.45) is 0. The molecule has 0 atom stereocenters. The summed E-state index contributed by atoms with van der Waals surface area (Å²) < 4.78 is 18.6. The Kier molecular flexibility index (Phi) is 5.75. The van der Waals surface area contributed by atoms with Crippen LogP contribution in [0, 0.1) is 5.82 Å². The average molecular weight is 334 g/mol. The maximum Gasteiger partial charge on any atom is 0.323 e. The van der Waals surface area contributed by atoms with Crippen molar-refractivity contribution in [1.29, 1.82) is 0 Å². The summed E-state index contributed by atoms with van der Waals surface area (Å²) in [6.45, 7) is 0.975. The third-order valence-corrected chi connectivity index (χ3v) is 2.54. The van der Waals surface area contributed by atoms with Crippen LogP contribution in [0.25, 0.3) is 0 Å². The summed E-state index contributed by atoms with van der Waals surface area (Å²) in [5.74, 6) is -2.00. The molecule has 0 fully saturated rings. The van der Waals surface area contributed by atoms with Crippen molar-refractivity contribution in [2.45, 2.75) is 6.92 Å². The van der Waals surface area contributed by atoms with E-state index in [1.165, 1.54) is 19.1 Å². The van der Waals surface area contributed by atoms with Gasteiger partial charge in [-0.3, -0.25) is 14.5 Å². The second kappa shape index (κ2) is 7.08. The van der Waals surface area contributed by atoms with Crippen molar-refractivity contribution in [1.82, 2.24) is 0 Å². The molecular weight excluding hydrogens is 321 g/mol. The average Bonchev–Trinajstić information content (AvgIpc) is 2.34. The number of carboxylic acids is 1. The van der Waals surface area contributed by atoms with Crippen LogP contribution in [-0.4, -0.2) is 35.5 Å². The van der Waals surface area contributed by atoms with E-state index in [9.17, 15) is 14.0 Å². The predicted octanol–water partition coefficient (Wildman–Crippen LogP) is 2.04. The van der Waals surface area contributed by atoms with Gasteiger partial charge in [0, 0.05) is 18.3 Å². The highest BCUT2D eigenvalue weighted by atomic mass is 79.9. The van der Waals surface area contributed by atoms with Crippen LogP contribution in [0.3, 0.4) is 0 Å². The van der Waals surface area contributed by atoms with E-state index in [0.29, 0.717) is 11.9 Å². The number of hydrogen-bond acceptors (Lipinski definition) is 3. The number of anilines is 1. The van der Waals surface area contributed by atoms with Gasteiger partial charge in [0.2, 0.25) is 5.91 Å². The molecule has 0 spiro atoms. The maximum absolute atomic E-state index is 13.3. The normalized spacial score (nSPS) is 10.1. The summed E-state index contributed by atoms with van der Waals surface area (Å²) in [6, 6.07) is 3.63. The molecule has 0 saturated heterocycles. The number of halogens is 2. The number of nitrogens with zero attached hydrogens (tertiary/aromatic N) is 1. The van der Waals surface area contributed by atoms with Crippen LogP contribution < -0.4 is 9.64 Å². The van der Waals surface area contributed by atoms with Crippen LogP contribution in [0.2, 0.25) is 0 Å². The fraction of sp³-hybridized carbons (Fsp3) is 0.333. The molecule has 0 aliphatic heterocycles. The number of benzene rings is 1. The molecule has 0 heterocycles. The molecule has 104 valence electrons. The molecule has 19 heavy (non-hydrogen) atoms. The number of carbonyl (C=O) groups excluding carboxylic acids is 1. The Labute approximate surface area is 118 Å². The van der Waals surface area contributed by atoms with Crippen LogP contribution in [0.5, 0.6) is 5.75 Å². The smallest absolute Gasteiger partial charge is 0.323 e. The Morgan fingerprint density at radius 1 is 1.47 bits per heavy atom. The van der Waals surface area contributed by atoms with E-state index in [4.69, 9.17) is 9.84 Å². The van der Waals surface area contributed by atoms with Crippen LogP contribution in [0.4, 0.5) is 10.1 Å². The number of carboxylic acid groups (broad SMARTS) is 1. The summed E-state index contributed by atoms with van der Waals surface area (Å²) in [5.41, 5.74) is 0.107. The Morgan fingerprint density at radius 2 is 2.16 bits per heavy atom. The zero-order valence-corrected chi connectivity index (χ0v) is 11.8. The van der Waals surface area contributed by atoms with Gasteiger partial charge >= 0.3 is 5.97 Å². The fourth-order valence-corrected chi connectivity index (χ4v) is 1.64. The molecule has 0 bridgehead atoms. The minimum atomic E-state index is -1.19. The highest BCUT2D eigenvalue weighted by Crippen LogP contribution is 2.29. The van der Waals surface area contributed by atoms with Gasteiger partial charge in [-0.2, -0.15) is 0 Å². The zero-order valence-electron chi connectivity index (χ0n) is 10.2. The Hall–Kier alpha value is -1.63. The topological polar surface area (TPSA) is 66.8 Å². The minimum Gasteiger partial charge on any atom is -0.491 e. The maximum atomic E-state index is 13.3. The molecule has 1 aromatic rings. The monoisotopic (exact) mass is 333 g/mol. The van der Waals surface area contributed by atoms with E-state index < -0.39 is 24.2 Å². The summed E-state index contributed by atoms with van der Waals surface area (Å²) in [7, 11) is 0. The first-order valence-electron chi connectivity index (χ1n) is 5.44. The molecule has 5 nitrogen and oxygen atoms in total. The number of aliphatic carboxylic acids is 1. The molecule has 0 aliphatic carbocycles. The van der Waals surface area contributed by atoms with E-state index in [2.05, 4.69) is 15.9 Å². The van der Waals surface area contributed by atoms with Gasteiger partial charge < -0.3 is 9.84 Å². The lowest BCUT2D eigenvalue weighted by Gasteiger charge is -2.22. The Morgan fingerprint density at radius 3 is 2.68 bits per heavy atom. The van der Waals surface area contributed by atoms with Gasteiger partial charge in [-0.05, 0) is 12.1 Å². The van der Waals surface area contributed by atoms with E-state index >= 15 is 0 Å². The van der Waals surface area contributed by atoms with Crippen molar-refractivity contribution in [2.75, 3.05) is 23.4 Å². The van der Waals surface area contributed by atoms with Crippen molar-refractivity contribution in [3.63, 3.8) is 0 Å². The SMILES string of the molecule is CC(=O)N(CC(=O)O)c1cc(F)ccc1OCCBr. The molecule has 0 aromatic heterocycles. The summed E-state index contributed by atoms with van der Waals surface area (Å²) in [5, 5.41) is 9.35. The van der Waals surface area contributed by atoms with Gasteiger partial charge in [0.25, 0.3) is 0 Å². The number of carbonyl (C=O) groups is 2. The number of alkyl halides is 1. The standard InChI is InChI=1S/C12H13BrFNO4/c1-8(16)15(7-12(17)18)10-6-9(14)2-3-11(10)19-5-4-13/h2-3,6H,4-5,7H2,1H3,(H,17,18). The van der Waals surface area contributed by atoms with Crippen molar-refractivity contribution in [2.24, 2.45) is 0 Å². The van der Waals surface area contributed by atoms with Crippen LogP contribution in [-0.2, 0) is 9.59 Å². The van der Waals surface area contributed by atoms with Crippen LogP contribution >= 0.6 is 15.9 Å². The lowest BCUT2D eigenvalue weighted by molar-refractivity contribution is -0.136. The van der Waals surface area contributed by atoms with Crippen molar-refractivity contribution in [3.05, 3.63) is 24.0 Å². The van der Waals surface area contributed by atoms with E-state index in [0.717, 1.165) is 11.0 Å². The molecule has 0 unspecified atom stereocenters. The van der Waals surface area contributed by atoms with Crippen molar-refractivity contribution < 1.29 is 23.8 Å². The van der Waals surface area contributed by atoms with Gasteiger partial charge in [0.1, 0.15) is 18.1 Å². The van der Waals surface area contributed by atoms with Crippen molar-refractivity contribution in [3.8, 4) is 5.75 Å². The Bertz CT molecular complexity index is 481. The molecule has 7 heteroatoms. The molecule has 1 amide bonds. The van der Waals surface area contributed by atoms with Crippen LogP contribution in [0.15, 0.2) is 18.2 Å². The van der Waals surface area contributed by atoms with Gasteiger partial charge in [-0.25, -0.2) is 4.39 Å². The van der Waals surface area contributed by atoms with E-state index in [1.54, 1.807) is 0 Å². The van der Waals surface area contributed by atoms with Crippen molar-refractivity contribution >= 4 is 33.5 Å². The van der Waals surface area contributed by atoms with Gasteiger partial charge in [-0.15, -0.1) is 0 Å². The van der Waals surface area contributed by atoms with E-state index in [1.807, 2.05) is 0 Å². The third kappa shape index (κ3) is 4.51. The predicted molar refractivity (Wildman–Crippen MR) is 71.4 cm³/mol. The lowest BCUT2D eigenvalue weighted by atomic mass is 10.2. The first-order chi connectivity index (χ1) is 8.95. The molecule has 0 saturated carbocycles. The van der Waals surface area contributed by atoms with Gasteiger partial charge in [-0.1, -0.05) is 15.9 Å². The minimum absolute atomic E-state index is 0.107. The lowest BCUT2D eigenvalue weighted by Crippen LogP contribution is -2.34. The number of hydrogen-bond donors (Lipinski definition) is 1. The Balaban J connectivity index is 3.14. The molecule has 0 aliphatic rings. The molecule has 0 radical (unpaired) electrons. The first kappa shape index (κ1) is 15.4. The van der Waals surface area contributed by atoms with Crippen LogP contribution in [0.1, 0.15) is 6.92 Å². The fourth-order valence-electron chi connectivity index (χ4n) is 1.47. The second-order valence-corrected chi connectivity index (χ2v) is 4.44. The molecule has 1 aromatic carbocycles. The van der Waals surface area contributed by atoms with Gasteiger partial charge in [0.05, 0.1) is 12.3 Å². The second-order valence-electron chi connectivity index (χ2n) is 3.65. The number of ether oxygens (including phenoxy) is 1. The molecule has 1 N–H and O–H groups in total. The highest BCUT2D eigenvalue weighted by molar-refractivity contribution is 9.09. The van der Waals surface area contributed by atoms with E-state index in [-0.39, 0.29) is 11.4 Å². The third-order valence-electron chi connectivity index (χ3n) is 2.22. The zero-order chi connectivity index (χ0) is 14.4. The molecule has 1 rings (SSSR count). The largest absolute Gasteiger partial charge is 0.491 e. The van der Waals surface area contributed by atoms with Gasteiger partial charge in [0.15, 0.2) is 0 Å². The quantitative estimate of drug-likeness (QED) is 0.809. The molecular formula is C12H13BrFNO4. The highest BCUT2D eigenvalue weighted by Gasteiger charge is 2.20.